The third-order valence-electron chi connectivity index (χ3n) is 2.43. The van der Waals surface area contributed by atoms with Gasteiger partial charge in [0, 0.05) is 19.1 Å². The quantitative estimate of drug-likeness (QED) is 0.496. The second-order valence-electron chi connectivity index (χ2n) is 3.51. The molecule has 2 heteroatoms. The molecule has 1 saturated carbocycles. The van der Waals surface area contributed by atoms with E-state index in [1.165, 1.54) is 12.8 Å². The van der Waals surface area contributed by atoms with Gasteiger partial charge in [0.15, 0.2) is 0 Å². The minimum atomic E-state index is 0.509. The van der Waals surface area contributed by atoms with E-state index in [0.717, 1.165) is 26.0 Å². The number of hydrogen-bond donors (Lipinski definition) is 1. The predicted molar refractivity (Wildman–Crippen MR) is 54.5 cm³/mol. The lowest BCUT2D eigenvalue weighted by molar-refractivity contribution is -0.00970. The lowest BCUT2D eigenvalue weighted by Gasteiger charge is -2.35. The number of nitrogens with one attached hydrogen (secondary N) is 1. The molecule has 1 rings (SSSR count). The van der Waals surface area contributed by atoms with Gasteiger partial charge in [0.2, 0.25) is 0 Å². The first-order chi connectivity index (χ1) is 6.36. The van der Waals surface area contributed by atoms with Crippen molar-refractivity contribution in [2.75, 3.05) is 13.2 Å². The van der Waals surface area contributed by atoms with Gasteiger partial charge in [0.1, 0.15) is 0 Å². The Morgan fingerprint density at radius 1 is 1.54 bits per heavy atom. The van der Waals surface area contributed by atoms with Gasteiger partial charge < -0.3 is 10.1 Å². The van der Waals surface area contributed by atoms with Crippen LogP contribution in [0.1, 0.15) is 32.6 Å². The molecule has 0 radical (unpaired) electrons. The van der Waals surface area contributed by atoms with Crippen molar-refractivity contribution in [3.63, 3.8) is 0 Å². The molecule has 2 nitrogen and oxygen atoms in total. The molecule has 1 aliphatic carbocycles. The van der Waals surface area contributed by atoms with E-state index in [-0.39, 0.29) is 0 Å². The van der Waals surface area contributed by atoms with Crippen molar-refractivity contribution < 1.29 is 4.74 Å². The molecule has 0 aromatic rings. The SMILES string of the molecule is C#CCCCNC1CC(OCC)C1. The molecule has 0 aromatic carbocycles. The smallest absolute Gasteiger partial charge is 0.0604 e. The highest BCUT2D eigenvalue weighted by atomic mass is 16.5. The summed E-state index contributed by atoms with van der Waals surface area (Å²) in [5, 5.41) is 3.47. The van der Waals surface area contributed by atoms with Crippen molar-refractivity contribution in [2.45, 2.75) is 44.8 Å². The van der Waals surface area contributed by atoms with Gasteiger partial charge in [-0.15, -0.1) is 12.3 Å². The summed E-state index contributed by atoms with van der Waals surface area (Å²) in [5.41, 5.74) is 0. The van der Waals surface area contributed by atoms with Crippen LogP contribution in [0.25, 0.3) is 0 Å². The highest BCUT2D eigenvalue weighted by Crippen LogP contribution is 2.22. The van der Waals surface area contributed by atoms with Gasteiger partial charge in [-0.1, -0.05) is 0 Å². The third kappa shape index (κ3) is 3.80. The summed E-state index contributed by atoms with van der Waals surface area (Å²) in [6.07, 6.45) is 9.98. The summed E-state index contributed by atoms with van der Waals surface area (Å²) < 4.78 is 5.46. The maximum absolute atomic E-state index is 5.46. The Bertz CT molecular complexity index is 167. The first kappa shape index (κ1) is 10.6. The van der Waals surface area contributed by atoms with Crippen LogP contribution < -0.4 is 5.32 Å². The summed E-state index contributed by atoms with van der Waals surface area (Å²) in [4.78, 5) is 0. The van der Waals surface area contributed by atoms with Crippen LogP contribution in [-0.4, -0.2) is 25.3 Å². The first-order valence-electron chi connectivity index (χ1n) is 5.15. The molecule has 1 fully saturated rings. The van der Waals surface area contributed by atoms with E-state index in [1.807, 2.05) is 6.92 Å². The molecule has 0 aromatic heterocycles. The normalized spacial score (nSPS) is 26.5. The van der Waals surface area contributed by atoms with E-state index in [0.29, 0.717) is 12.1 Å². The van der Waals surface area contributed by atoms with Crippen LogP contribution in [0.3, 0.4) is 0 Å². The lowest BCUT2D eigenvalue weighted by atomic mass is 9.89. The van der Waals surface area contributed by atoms with Crippen molar-refractivity contribution >= 4 is 0 Å². The van der Waals surface area contributed by atoms with Crippen LogP contribution in [0.2, 0.25) is 0 Å². The van der Waals surface area contributed by atoms with Crippen LogP contribution in [0, 0.1) is 12.3 Å². The Labute approximate surface area is 81.0 Å². The minimum Gasteiger partial charge on any atom is -0.378 e. The Hall–Kier alpha value is -0.520. The topological polar surface area (TPSA) is 21.3 Å². The minimum absolute atomic E-state index is 0.509. The van der Waals surface area contributed by atoms with Gasteiger partial charge in [-0.2, -0.15) is 0 Å². The number of terminal acetylenes is 1. The molecule has 74 valence electrons. The molecule has 0 atom stereocenters. The molecular formula is C11H19NO. The Balaban J connectivity index is 1.88. The molecule has 0 unspecified atom stereocenters. The number of rotatable bonds is 6. The Morgan fingerprint density at radius 2 is 2.31 bits per heavy atom. The number of ether oxygens (including phenoxy) is 1. The second kappa shape index (κ2) is 6.01. The lowest BCUT2D eigenvalue weighted by Crippen LogP contribution is -2.45. The molecule has 13 heavy (non-hydrogen) atoms. The molecule has 1 N–H and O–H groups in total. The van der Waals surface area contributed by atoms with E-state index >= 15 is 0 Å². The highest BCUT2D eigenvalue weighted by molar-refractivity contribution is 4.87. The van der Waals surface area contributed by atoms with Gasteiger partial charge in [0.05, 0.1) is 6.10 Å². The maximum Gasteiger partial charge on any atom is 0.0604 e. The molecule has 1 aliphatic rings. The van der Waals surface area contributed by atoms with Gasteiger partial charge in [-0.25, -0.2) is 0 Å². The first-order valence-corrected chi connectivity index (χ1v) is 5.15. The van der Waals surface area contributed by atoms with Crippen molar-refractivity contribution in [2.24, 2.45) is 0 Å². The Morgan fingerprint density at radius 3 is 2.92 bits per heavy atom. The van der Waals surface area contributed by atoms with Crippen LogP contribution >= 0.6 is 0 Å². The molecule has 0 aliphatic heterocycles. The highest BCUT2D eigenvalue weighted by Gasteiger charge is 2.28. The molecule has 0 spiro atoms. The fourth-order valence-corrected chi connectivity index (χ4v) is 1.60. The molecule has 0 bridgehead atoms. The van der Waals surface area contributed by atoms with Gasteiger partial charge in [0.25, 0.3) is 0 Å². The monoisotopic (exact) mass is 181 g/mol. The average Bonchev–Trinajstić information content (AvgIpc) is 2.07. The fraction of sp³-hybridized carbons (Fsp3) is 0.818. The van der Waals surface area contributed by atoms with Crippen LogP contribution in [-0.2, 0) is 4.74 Å². The molecule has 0 saturated heterocycles. The summed E-state index contributed by atoms with van der Waals surface area (Å²) in [6, 6.07) is 0.675. The van der Waals surface area contributed by atoms with E-state index in [2.05, 4.69) is 11.2 Å². The summed E-state index contributed by atoms with van der Waals surface area (Å²) in [7, 11) is 0. The van der Waals surface area contributed by atoms with Crippen molar-refractivity contribution in [1.82, 2.24) is 5.32 Å². The van der Waals surface area contributed by atoms with Gasteiger partial charge in [-0.05, 0) is 32.7 Å². The van der Waals surface area contributed by atoms with Crippen molar-refractivity contribution in [3.8, 4) is 12.3 Å². The van der Waals surface area contributed by atoms with Crippen LogP contribution in [0.4, 0.5) is 0 Å². The zero-order valence-electron chi connectivity index (χ0n) is 8.38. The molecule has 0 heterocycles. The largest absolute Gasteiger partial charge is 0.378 e. The van der Waals surface area contributed by atoms with E-state index < -0.39 is 0 Å². The van der Waals surface area contributed by atoms with E-state index in [1.54, 1.807) is 0 Å². The Kier molecular flexibility index (Phi) is 4.88. The standard InChI is InChI=1S/C11H19NO/c1-3-5-6-7-12-10-8-11(9-10)13-4-2/h1,10-12H,4-9H2,2H3. The van der Waals surface area contributed by atoms with Crippen LogP contribution in [0.5, 0.6) is 0 Å². The predicted octanol–water partition coefficient (Wildman–Crippen LogP) is 1.56. The second-order valence-corrected chi connectivity index (χ2v) is 3.51. The van der Waals surface area contributed by atoms with Crippen LogP contribution in [0.15, 0.2) is 0 Å². The zero-order chi connectivity index (χ0) is 9.52. The summed E-state index contributed by atoms with van der Waals surface area (Å²) in [6.45, 7) is 3.94. The van der Waals surface area contributed by atoms with Crippen molar-refractivity contribution in [3.05, 3.63) is 0 Å². The van der Waals surface area contributed by atoms with Crippen molar-refractivity contribution in [1.29, 1.82) is 0 Å². The average molecular weight is 181 g/mol. The number of hydrogen-bond acceptors (Lipinski definition) is 2. The third-order valence-corrected chi connectivity index (χ3v) is 2.43. The van der Waals surface area contributed by atoms with E-state index in [4.69, 9.17) is 11.2 Å². The van der Waals surface area contributed by atoms with Gasteiger partial charge in [-0.3, -0.25) is 0 Å². The summed E-state index contributed by atoms with van der Waals surface area (Å²) >= 11 is 0. The van der Waals surface area contributed by atoms with E-state index in [9.17, 15) is 0 Å². The molecule has 0 amide bonds. The maximum atomic E-state index is 5.46. The fourth-order valence-electron chi connectivity index (χ4n) is 1.60. The van der Waals surface area contributed by atoms with Gasteiger partial charge >= 0.3 is 0 Å². The number of unbranched alkanes of at least 4 members (excludes halogenated alkanes) is 1. The zero-order valence-corrected chi connectivity index (χ0v) is 8.38. The molecular weight excluding hydrogens is 162 g/mol. The summed E-state index contributed by atoms with van der Waals surface area (Å²) in [5.74, 6) is 2.64.